The summed E-state index contributed by atoms with van der Waals surface area (Å²) in [7, 11) is 1.68. The fourth-order valence-electron chi connectivity index (χ4n) is 4.27. The Kier molecular flexibility index (Phi) is 6.92. The first kappa shape index (κ1) is 21.4. The molecule has 1 atom stereocenters. The molecule has 2 heterocycles. The molecule has 162 valence electrons. The van der Waals surface area contributed by atoms with E-state index in [1.807, 2.05) is 24.3 Å². The average Bonchev–Trinajstić information content (AvgIpc) is 2.81. The van der Waals surface area contributed by atoms with Gasteiger partial charge in [0.1, 0.15) is 17.4 Å². The molecule has 5 heteroatoms. The van der Waals surface area contributed by atoms with Crippen LogP contribution < -0.4 is 4.74 Å². The summed E-state index contributed by atoms with van der Waals surface area (Å²) in [6, 6.07) is 16.2. The van der Waals surface area contributed by atoms with Crippen molar-refractivity contribution >= 4 is 0 Å². The standard InChI is InChI=1S/C26H28F2N2O/c1-31-22-10-7-19(8-11-22)13-15-30-14-3-4-21(18-30)26-12-9-20(17-29-26)16-23-24(27)5-2-6-25(23)28/h2,5-12,17,21H,3-4,13-16,18H2,1H3/t21-/m0/s1. The van der Waals surface area contributed by atoms with E-state index < -0.39 is 11.6 Å². The maximum Gasteiger partial charge on any atom is 0.129 e. The summed E-state index contributed by atoms with van der Waals surface area (Å²) < 4.78 is 33.0. The lowest BCUT2D eigenvalue weighted by molar-refractivity contribution is 0.208. The minimum Gasteiger partial charge on any atom is -0.497 e. The van der Waals surface area contributed by atoms with Crippen LogP contribution in [0.15, 0.2) is 60.8 Å². The van der Waals surface area contributed by atoms with E-state index >= 15 is 0 Å². The van der Waals surface area contributed by atoms with Gasteiger partial charge in [0.15, 0.2) is 0 Å². The van der Waals surface area contributed by atoms with E-state index in [4.69, 9.17) is 4.74 Å². The number of benzene rings is 2. The number of hydrogen-bond donors (Lipinski definition) is 0. The van der Waals surface area contributed by atoms with Gasteiger partial charge in [-0.15, -0.1) is 0 Å². The van der Waals surface area contributed by atoms with Gasteiger partial charge in [-0.25, -0.2) is 8.78 Å². The van der Waals surface area contributed by atoms with Crippen LogP contribution in [0.4, 0.5) is 8.78 Å². The second-order valence-corrected chi connectivity index (χ2v) is 8.21. The molecule has 0 radical (unpaired) electrons. The number of pyridine rings is 1. The van der Waals surface area contributed by atoms with Gasteiger partial charge in [0.05, 0.1) is 7.11 Å². The third-order valence-corrected chi connectivity index (χ3v) is 6.09. The third kappa shape index (κ3) is 5.47. The van der Waals surface area contributed by atoms with Crippen LogP contribution in [-0.2, 0) is 12.8 Å². The number of ether oxygens (including phenoxy) is 1. The maximum atomic E-state index is 13.9. The van der Waals surface area contributed by atoms with Gasteiger partial charge in [-0.3, -0.25) is 4.98 Å². The number of rotatable bonds is 7. The monoisotopic (exact) mass is 422 g/mol. The highest BCUT2D eigenvalue weighted by molar-refractivity contribution is 5.29. The topological polar surface area (TPSA) is 25.4 Å². The lowest BCUT2D eigenvalue weighted by atomic mass is 9.93. The molecule has 0 saturated carbocycles. The Morgan fingerprint density at radius 1 is 1.00 bits per heavy atom. The summed E-state index contributed by atoms with van der Waals surface area (Å²) >= 11 is 0. The van der Waals surface area contributed by atoms with Gasteiger partial charge in [-0.1, -0.05) is 24.3 Å². The van der Waals surface area contributed by atoms with Crippen molar-refractivity contribution < 1.29 is 13.5 Å². The number of halogens is 2. The first-order valence-electron chi connectivity index (χ1n) is 10.9. The lowest BCUT2D eigenvalue weighted by Gasteiger charge is -2.32. The molecule has 2 aromatic carbocycles. The highest BCUT2D eigenvalue weighted by Crippen LogP contribution is 2.26. The minimum atomic E-state index is -0.510. The Hall–Kier alpha value is -2.79. The van der Waals surface area contributed by atoms with Crippen LogP contribution in [0.5, 0.6) is 5.75 Å². The Balaban J connectivity index is 1.34. The van der Waals surface area contributed by atoms with Crippen LogP contribution in [-0.4, -0.2) is 36.6 Å². The SMILES string of the molecule is COc1ccc(CCN2CCC[C@H](c3ccc(Cc4c(F)cccc4F)cn3)C2)cc1. The smallest absolute Gasteiger partial charge is 0.129 e. The fraction of sp³-hybridized carbons (Fsp3) is 0.346. The second-order valence-electron chi connectivity index (χ2n) is 8.21. The number of piperidine rings is 1. The molecular formula is C26H28F2N2O. The molecule has 1 aliphatic heterocycles. The largest absolute Gasteiger partial charge is 0.497 e. The summed E-state index contributed by atoms with van der Waals surface area (Å²) in [5.41, 5.74) is 3.29. The van der Waals surface area contributed by atoms with Crippen molar-refractivity contribution in [1.82, 2.24) is 9.88 Å². The van der Waals surface area contributed by atoms with Crippen LogP contribution in [0.3, 0.4) is 0 Å². The number of methoxy groups -OCH3 is 1. The molecular weight excluding hydrogens is 394 g/mol. The molecule has 0 unspecified atom stereocenters. The Labute approximate surface area is 182 Å². The highest BCUT2D eigenvalue weighted by atomic mass is 19.1. The average molecular weight is 423 g/mol. The third-order valence-electron chi connectivity index (χ3n) is 6.09. The van der Waals surface area contributed by atoms with Crippen LogP contribution in [0, 0.1) is 11.6 Å². The summed E-state index contributed by atoms with van der Waals surface area (Å²) in [6.45, 7) is 3.12. The predicted octanol–water partition coefficient (Wildman–Crippen LogP) is 5.38. The molecule has 4 rings (SSSR count). The molecule has 1 saturated heterocycles. The molecule has 3 nitrogen and oxygen atoms in total. The Morgan fingerprint density at radius 3 is 2.42 bits per heavy atom. The molecule has 1 aromatic heterocycles. The minimum absolute atomic E-state index is 0.0967. The summed E-state index contributed by atoms with van der Waals surface area (Å²) in [5.74, 6) is 0.255. The van der Waals surface area contributed by atoms with Crippen molar-refractivity contribution in [1.29, 1.82) is 0 Å². The van der Waals surface area contributed by atoms with Crippen LogP contribution in [0.1, 0.15) is 41.1 Å². The van der Waals surface area contributed by atoms with Crippen molar-refractivity contribution in [3.8, 4) is 5.75 Å². The van der Waals surface area contributed by atoms with Crippen LogP contribution >= 0.6 is 0 Å². The Morgan fingerprint density at radius 2 is 1.74 bits per heavy atom. The zero-order valence-electron chi connectivity index (χ0n) is 17.9. The van der Waals surface area contributed by atoms with Crippen molar-refractivity contribution in [2.24, 2.45) is 0 Å². The number of nitrogens with zero attached hydrogens (tertiary/aromatic N) is 2. The van der Waals surface area contributed by atoms with E-state index in [-0.39, 0.29) is 12.0 Å². The van der Waals surface area contributed by atoms with Crippen molar-refractivity contribution in [3.63, 3.8) is 0 Å². The first-order valence-corrected chi connectivity index (χ1v) is 10.9. The summed E-state index contributed by atoms with van der Waals surface area (Å²) in [6.07, 6.45) is 5.25. The molecule has 0 amide bonds. The van der Waals surface area contributed by atoms with Crippen molar-refractivity contribution in [3.05, 3.63) is 94.8 Å². The number of likely N-dealkylation sites (tertiary alicyclic amines) is 1. The number of aromatic nitrogens is 1. The van der Waals surface area contributed by atoms with E-state index in [1.54, 1.807) is 13.3 Å². The predicted molar refractivity (Wildman–Crippen MR) is 119 cm³/mol. The molecule has 3 aromatic rings. The highest BCUT2D eigenvalue weighted by Gasteiger charge is 2.22. The van der Waals surface area contributed by atoms with Gasteiger partial charge in [0.25, 0.3) is 0 Å². The van der Waals surface area contributed by atoms with Crippen molar-refractivity contribution in [2.45, 2.75) is 31.6 Å². The van der Waals surface area contributed by atoms with Gasteiger partial charge < -0.3 is 9.64 Å². The quantitative estimate of drug-likeness (QED) is 0.511. The second kappa shape index (κ2) is 10.0. The lowest BCUT2D eigenvalue weighted by Crippen LogP contribution is -2.36. The van der Waals surface area contributed by atoms with Gasteiger partial charge in [-0.2, -0.15) is 0 Å². The molecule has 0 N–H and O–H groups in total. The van der Waals surface area contributed by atoms with Crippen LogP contribution in [0.25, 0.3) is 0 Å². The van der Waals surface area contributed by atoms with Crippen molar-refractivity contribution in [2.75, 3.05) is 26.7 Å². The first-order chi connectivity index (χ1) is 15.1. The van der Waals surface area contributed by atoms with E-state index in [1.165, 1.54) is 23.8 Å². The van der Waals surface area contributed by atoms with Gasteiger partial charge >= 0.3 is 0 Å². The van der Waals surface area contributed by atoms with Gasteiger partial charge in [-0.05, 0) is 67.3 Å². The van der Waals surface area contributed by atoms with E-state index in [9.17, 15) is 8.78 Å². The fourth-order valence-corrected chi connectivity index (χ4v) is 4.27. The number of hydrogen-bond acceptors (Lipinski definition) is 3. The molecule has 0 spiro atoms. The zero-order valence-corrected chi connectivity index (χ0v) is 17.9. The molecule has 31 heavy (non-hydrogen) atoms. The van der Waals surface area contributed by atoms with E-state index in [0.717, 1.165) is 55.9 Å². The van der Waals surface area contributed by atoms with Gasteiger partial charge in [0.2, 0.25) is 0 Å². The molecule has 0 aliphatic carbocycles. The molecule has 1 fully saturated rings. The molecule has 1 aliphatic rings. The van der Waals surface area contributed by atoms with E-state index in [2.05, 4.69) is 22.0 Å². The van der Waals surface area contributed by atoms with E-state index in [0.29, 0.717) is 5.92 Å². The Bertz CT molecular complexity index is 969. The van der Waals surface area contributed by atoms with Gasteiger partial charge in [0, 0.05) is 42.9 Å². The van der Waals surface area contributed by atoms with Crippen LogP contribution in [0.2, 0.25) is 0 Å². The summed E-state index contributed by atoms with van der Waals surface area (Å²) in [5, 5.41) is 0. The zero-order chi connectivity index (χ0) is 21.6. The molecule has 0 bridgehead atoms. The summed E-state index contributed by atoms with van der Waals surface area (Å²) in [4.78, 5) is 7.15. The maximum absolute atomic E-state index is 13.9. The normalized spacial score (nSPS) is 16.9.